The van der Waals surface area contributed by atoms with Crippen LogP contribution in [0.25, 0.3) is 0 Å². The molecule has 1 aromatic rings. The summed E-state index contributed by atoms with van der Waals surface area (Å²) >= 11 is 5.77. The lowest BCUT2D eigenvalue weighted by Crippen LogP contribution is -2.34. The number of hydrogen-bond donors (Lipinski definition) is 2. The Morgan fingerprint density at radius 1 is 1.41 bits per heavy atom. The van der Waals surface area contributed by atoms with Gasteiger partial charge in [0.2, 0.25) is 23.1 Å². The molecule has 0 saturated carbocycles. The van der Waals surface area contributed by atoms with Crippen LogP contribution in [0.1, 0.15) is 6.92 Å². The van der Waals surface area contributed by atoms with Gasteiger partial charge in [-0.1, -0.05) is 0 Å². The Morgan fingerprint density at radius 2 is 2.12 bits per heavy atom. The molecule has 0 bridgehead atoms. The van der Waals surface area contributed by atoms with Crippen molar-refractivity contribution in [3.63, 3.8) is 0 Å². The van der Waals surface area contributed by atoms with E-state index in [0.717, 1.165) is 0 Å². The second-order valence-electron chi connectivity index (χ2n) is 3.29. The van der Waals surface area contributed by atoms with Gasteiger partial charge in [0.15, 0.2) is 0 Å². The number of amides is 1. The Kier molecular flexibility index (Phi) is 4.89. The topological polar surface area (TPSA) is 83.0 Å². The lowest BCUT2D eigenvalue weighted by molar-refractivity contribution is -0.119. The smallest absolute Gasteiger partial charge is 0.239 e. The van der Waals surface area contributed by atoms with Crippen LogP contribution < -0.4 is 15.5 Å². The summed E-state index contributed by atoms with van der Waals surface area (Å²) in [5.41, 5.74) is 0. The van der Waals surface area contributed by atoms with Gasteiger partial charge in [-0.25, -0.2) is 0 Å². The van der Waals surface area contributed by atoms with Gasteiger partial charge in [0.1, 0.15) is 0 Å². The summed E-state index contributed by atoms with van der Waals surface area (Å²) in [4.78, 5) is 24.8. The lowest BCUT2D eigenvalue weighted by atomic mass is 10.5. The highest BCUT2D eigenvalue weighted by Gasteiger charge is 2.11. The Hall–Kier alpha value is -1.63. The zero-order chi connectivity index (χ0) is 12.8. The molecule has 1 rings (SSSR count). The van der Waals surface area contributed by atoms with E-state index in [-0.39, 0.29) is 17.7 Å². The number of hydrogen-bond acceptors (Lipinski definition) is 6. The number of aromatic nitrogens is 3. The Balaban J connectivity index is 2.85. The van der Waals surface area contributed by atoms with Gasteiger partial charge in [0.25, 0.3) is 0 Å². The molecule has 0 atom stereocenters. The van der Waals surface area contributed by atoms with Crippen molar-refractivity contribution in [2.24, 2.45) is 0 Å². The molecule has 17 heavy (non-hydrogen) atoms. The van der Waals surface area contributed by atoms with Gasteiger partial charge in [-0.2, -0.15) is 15.0 Å². The van der Waals surface area contributed by atoms with E-state index in [0.29, 0.717) is 18.4 Å². The molecule has 0 aliphatic carbocycles. The maximum Gasteiger partial charge on any atom is 0.239 e. The number of nitrogens with zero attached hydrogens (tertiary/aromatic N) is 4. The summed E-state index contributed by atoms with van der Waals surface area (Å²) in [6, 6.07) is 0. The van der Waals surface area contributed by atoms with Gasteiger partial charge in [0, 0.05) is 20.6 Å². The van der Waals surface area contributed by atoms with Crippen molar-refractivity contribution >= 4 is 29.4 Å². The number of rotatable bonds is 5. The molecule has 0 aromatic carbocycles. The molecular formula is C9H15ClN6O. The van der Waals surface area contributed by atoms with E-state index < -0.39 is 0 Å². The third-order valence-corrected chi connectivity index (χ3v) is 2.10. The van der Waals surface area contributed by atoms with Crippen molar-refractivity contribution in [1.82, 2.24) is 20.3 Å². The van der Waals surface area contributed by atoms with Gasteiger partial charge in [-0.05, 0) is 18.5 Å². The van der Waals surface area contributed by atoms with E-state index in [2.05, 4.69) is 25.6 Å². The minimum absolute atomic E-state index is 0.0923. The maximum absolute atomic E-state index is 11.2. The Morgan fingerprint density at radius 3 is 2.71 bits per heavy atom. The molecule has 0 spiro atoms. The minimum Gasteiger partial charge on any atom is -0.358 e. The highest BCUT2D eigenvalue weighted by Crippen LogP contribution is 2.12. The molecule has 1 heterocycles. The van der Waals surface area contributed by atoms with Gasteiger partial charge in [-0.15, -0.1) is 0 Å². The van der Waals surface area contributed by atoms with Crippen molar-refractivity contribution < 1.29 is 4.79 Å². The zero-order valence-electron chi connectivity index (χ0n) is 9.99. The van der Waals surface area contributed by atoms with Crippen LogP contribution >= 0.6 is 11.6 Å². The predicted molar refractivity (Wildman–Crippen MR) is 66.3 cm³/mol. The molecule has 94 valence electrons. The van der Waals surface area contributed by atoms with Crippen LogP contribution in [0.2, 0.25) is 5.28 Å². The summed E-state index contributed by atoms with van der Waals surface area (Å²) in [6.07, 6.45) is 0. The number of nitrogens with one attached hydrogen (secondary N) is 2. The molecule has 2 N–H and O–H groups in total. The minimum atomic E-state index is -0.131. The second kappa shape index (κ2) is 6.19. The van der Waals surface area contributed by atoms with Crippen molar-refractivity contribution in [3.8, 4) is 0 Å². The first-order valence-corrected chi connectivity index (χ1v) is 5.51. The number of anilines is 2. The van der Waals surface area contributed by atoms with Crippen LogP contribution in [0, 0.1) is 0 Å². The first-order valence-electron chi connectivity index (χ1n) is 5.14. The highest BCUT2D eigenvalue weighted by molar-refractivity contribution is 6.28. The quantitative estimate of drug-likeness (QED) is 0.782. The van der Waals surface area contributed by atoms with Crippen LogP contribution in [-0.2, 0) is 4.79 Å². The van der Waals surface area contributed by atoms with Crippen molar-refractivity contribution in [1.29, 1.82) is 0 Å². The number of carbonyl (C=O) groups excluding carboxylic acids is 1. The maximum atomic E-state index is 11.2. The fraction of sp³-hybridized carbons (Fsp3) is 0.556. The van der Waals surface area contributed by atoms with E-state index in [1.54, 1.807) is 19.0 Å². The molecule has 8 heteroatoms. The number of likely N-dealkylation sites (N-methyl/N-ethyl adjacent to an activating group) is 2. The second-order valence-corrected chi connectivity index (χ2v) is 3.63. The Labute approximate surface area is 105 Å². The first-order chi connectivity index (χ1) is 8.06. The van der Waals surface area contributed by atoms with E-state index >= 15 is 0 Å². The lowest BCUT2D eigenvalue weighted by Gasteiger charge is -2.16. The van der Waals surface area contributed by atoms with E-state index in [9.17, 15) is 4.79 Å². The third kappa shape index (κ3) is 4.03. The average molecular weight is 259 g/mol. The van der Waals surface area contributed by atoms with Gasteiger partial charge < -0.3 is 15.5 Å². The predicted octanol–water partition coefficient (Wildman–Crippen LogP) is 0.139. The molecule has 0 unspecified atom stereocenters. The fourth-order valence-electron chi connectivity index (χ4n) is 1.11. The third-order valence-electron chi connectivity index (χ3n) is 1.93. The van der Waals surface area contributed by atoms with E-state index in [4.69, 9.17) is 11.6 Å². The molecule has 0 radical (unpaired) electrons. The summed E-state index contributed by atoms with van der Waals surface area (Å²) in [7, 11) is 3.28. The number of halogens is 1. The SMILES string of the molecule is CCNc1nc(Cl)nc(N(C)CC(=O)NC)n1. The normalized spacial score (nSPS) is 9.88. The molecule has 0 aliphatic rings. The van der Waals surface area contributed by atoms with Crippen molar-refractivity contribution in [3.05, 3.63) is 5.28 Å². The van der Waals surface area contributed by atoms with E-state index in [1.165, 1.54) is 0 Å². The standard InChI is InChI=1S/C9H15ClN6O/c1-4-12-8-13-7(10)14-9(15-8)16(3)5-6(17)11-2/h4-5H2,1-3H3,(H,11,17)(H,12,13,14,15). The molecule has 0 aliphatic heterocycles. The van der Waals surface area contributed by atoms with Crippen LogP contribution in [0.3, 0.4) is 0 Å². The molecule has 1 amide bonds. The average Bonchev–Trinajstić information content (AvgIpc) is 2.28. The molecule has 1 aromatic heterocycles. The first kappa shape index (κ1) is 13.4. The van der Waals surface area contributed by atoms with Gasteiger partial charge in [0.05, 0.1) is 6.54 Å². The summed E-state index contributed by atoms with van der Waals surface area (Å²) < 4.78 is 0. The summed E-state index contributed by atoms with van der Waals surface area (Å²) in [5, 5.41) is 5.55. The van der Waals surface area contributed by atoms with Crippen molar-refractivity contribution in [2.45, 2.75) is 6.92 Å². The van der Waals surface area contributed by atoms with Crippen LogP contribution in [0.5, 0.6) is 0 Å². The fourth-order valence-corrected chi connectivity index (χ4v) is 1.27. The molecule has 7 nitrogen and oxygen atoms in total. The Bertz CT molecular complexity index is 399. The zero-order valence-corrected chi connectivity index (χ0v) is 10.7. The monoisotopic (exact) mass is 258 g/mol. The largest absolute Gasteiger partial charge is 0.358 e. The molecule has 0 fully saturated rings. The van der Waals surface area contributed by atoms with Crippen LogP contribution in [0.15, 0.2) is 0 Å². The molecule has 0 saturated heterocycles. The molecular weight excluding hydrogens is 244 g/mol. The van der Waals surface area contributed by atoms with Crippen molar-refractivity contribution in [2.75, 3.05) is 37.4 Å². The van der Waals surface area contributed by atoms with Crippen LogP contribution in [-0.4, -0.2) is 48.0 Å². The summed E-state index contributed by atoms with van der Waals surface area (Å²) in [6.45, 7) is 2.76. The van der Waals surface area contributed by atoms with Crippen LogP contribution in [0.4, 0.5) is 11.9 Å². The highest BCUT2D eigenvalue weighted by atomic mass is 35.5. The van der Waals surface area contributed by atoms with Gasteiger partial charge in [-0.3, -0.25) is 4.79 Å². The van der Waals surface area contributed by atoms with E-state index in [1.807, 2.05) is 6.92 Å². The number of carbonyl (C=O) groups is 1. The van der Waals surface area contributed by atoms with Gasteiger partial charge >= 0.3 is 0 Å². The summed E-state index contributed by atoms with van der Waals surface area (Å²) in [5.74, 6) is 0.616.